The second-order valence-corrected chi connectivity index (χ2v) is 12.2. The number of carbonyl (C=O) groups is 3. The molecule has 6 rings (SSSR count). The number of nitrogens with one attached hydrogen (secondary N) is 1. The molecule has 4 aliphatic rings. The van der Waals surface area contributed by atoms with E-state index in [1.807, 2.05) is 36.0 Å². The third-order valence-electron chi connectivity index (χ3n) is 10.5. The van der Waals surface area contributed by atoms with Gasteiger partial charge in [-0.15, -0.1) is 0 Å². The van der Waals surface area contributed by atoms with Crippen molar-refractivity contribution in [3.05, 3.63) is 52.9 Å². The summed E-state index contributed by atoms with van der Waals surface area (Å²) in [6.07, 6.45) is 7.68. The first-order valence-electron chi connectivity index (χ1n) is 13.6. The Kier molecular flexibility index (Phi) is 6.50. The number of aliphatic hydroxyl groups excluding tert-OH is 1. The van der Waals surface area contributed by atoms with E-state index in [0.29, 0.717) is 24.8 Å². The van der Waals surface area contributed by atoms with Gasteiger partial charge in [-0.05, 0) is 73.8 Å². The summed E-state index contributed by atoms with van der Waals surface area (Å²) in [6.45, 7) is 3.38. The van der Waals surface area contributed by atoms with Crippen LogP contribution in [0, 0.1) is 28.6 Å². The van der Waals surface area contributed by atoms with Crippen LogP contribution >= 0.6 is 0 Å². The number of fused-ring (bicyclic) bond motifs is 6. The van der Waals surface area contributed by atoms with E-state index in [2.05, 4.69) is 18.3 Å². The third-order valence-corrected chi connectivity index (χ3v) is 10.5. The van der Waals surface area contributed by atoms with E-state index in [1.165, 1.54) is 5.57 Å². The highest BCUT2D eigenvalue weighted by Crippen LogP contribution is 2.66. The topological polar surface area (TPSA) is 122 Å². The molecule has 2 aromatic rings. The number of benzene rings is 1. The molecule has 4 aliphatic carbocycles. The Labute approximate surface area is 229 Å². The summed E-state index contributed by atoms with van der Waals surface area (Å²) in [5, 5.41) is 28.5. The van der Waals surface area contributed by atoms with Crippen molar-refractivity contribution >= 4 is 23.5 Å². The lowest BCUT2D eigenvalue weighted by Crippen LogP contribution is -2.61. The second-order valence-electron chi connectivity index (χ2n) is 12.2. The van der Waals surface area contributed by atoms with E-state index < -0.39 is 23.4 Å². The molecule has 3 N–H and O–H groups in total. The van der Waals surface area contributed by atoms with Crippen molar-refractivity contribution < 1.29 is 24.6 Å². The fourth-order valence-corrected chi connectivity index (χ4v) is 8.54. The Morgan fingerprint density at radius 1 is 1.21 bits per heavy atom. The van der Waals surface area contributed by atoms with Crippen LogP contribution in [0.2, 0.25) is 0 Å². The predicted octanol–water partition coefficient (Wildman–Crippen LogP) is 3.52. The number of hydrogen-bond acceptors (Lipinski definition) is 6. The fraction of sp³-hybridized carbons (Fsp3) is 0.548. The molecule has 8 heteroatoms. The molecule has 0 radical (unpaired) electrons. The highest BCUT2D eigenvalue weighted by atomic mass is 16.3. The van der Waals surface area contributed by atoms with Crippen LogP contribution in [0.15, 0.2) is 36.0 Å². The molecule has 1 amide bonds. The molecular weight excluding hydrogens is 494 g/mol. The monoisotopic (exact) mass is 533 g/mol. The van der Waals surface area contributed by atoms with Crippen LogP contribution in [0.1, 0.15) is 75.0 Å². The number of amides is 1. The van der Waals surface area contributed by atoms with Gasteiger partial charge in [-0.2, -0.15) is 5.10 Å². The Morgan fingerprint density at radius 2 is 1.97 bits per heavy atom. The zero-order chi connectivity index (χ0) is 27.0. The van der Waals surface area contributed by atoms with Crippen molar-refractivity contribution in [2.24, 2.45) is 28.6 Å². The number of rotatable bonds is 4. The minimum absolute atomic E-state index is 0. The van der Waals surface area contributed by atoms with Crippen molar-refractivity contribution in [3.63, 3.8) is 0 Å². The van der Waals surface area contributed by atoms with Gasteiger partial charge in [0.1, 0.15) is 18.0 Å². The minimum Gasteiger partial charge on any atom is -0.388 e. The van der Waals surface area contributed by atoms with Crippen molar-refractivity contribution in [2.45, 2.75) is 65.4 Å². The van der Waals surface area contributed by atoms with Crippen LogP contribution in [-0.4, -0.2) is 56.7 Å². The molecular formula is C31H39N3O5. The summed E-state index contributed by atoms with van der Waals surface area (Å²) in [7, 11) is 1.61. The smallest absolute Gasteiger partial charge is 0.251 e. The van der Waals surface area contributed by atoms with E-state index in [4.69, 9.17) is 5.10 Å². The SMILES string of the molecule is C.CNC(=O)c1cccc(-n2cc3c(n2)C=C2CC[C@@H]4[C@H](C(=O)C[C@@]5(C)[C@H]4CC[C@]5(O)C(=O)CO)[C@@]2(C)C3)c1. The largest absolute Gasteiger partial charge is 0.388 e. The molecule has 0 spiro atoms. The highest BCUT2D eigenvalue weighted by Gasteiger charge is 2.68. The number of allylic oxidation sites excluding steroid dienone is 1. The zero-order valence-electron chi connectivity index (χ0n) is 22.2. The van der Waals surface area contributed by atoms with Crippen LogP contribution in [0.3, 0.4) is 0 Å². The Morgan fingerprint density at radius 3 is 2.69 bits per heavy atom. The van der Waals surface area contributed by atoms with E-state index in [1.54, 1.807) is 13.1 Å². The maximum absolute atomic E-state index is 13.9. The van der Waals surface area contributed by atoms with Gasteiger partial charge >= 0.3 is 0 Å². The number of carbonyl (C=O) groups excluding carboxylic acids is 3. The maximum atomic E-state index is 13.9. The number of aromatic nitrogens is 2. The van der Waals surface area contributed by atoms with Crippen LogP contribution in [0.5, 0.6) is 0 Å². The molecule has 1 aromatic carbocycles. The molecule has 3 fully saturated rings. The van der Waals surface area contributed by atoms with Crippen molar-refractivity contribution in [1.82, 2.24) is 15.1 Å². The summed E-state index contributed by atoms with van der Waals surface area (Å²) in [5.74, 6) is -0.642. The number of ketones is 2. The molecule has 0 saturated heterocycles. The molecule has 1 aromatic heterocycles. The van der Waals surface area contributed by atoms with Crippen LogP contribution < -0.4 is 5.32 Å². The van der Waals surface area contributed by atoms with Gasteiger partial charge in [-0.3, -0.25) is 14.4 Å². The van der Waals surface area contributed by atoms with Crippen LogP contribution in [0.25, 0.3) is 11.8 Å². The lowest BCUT2D eigenvalue weighted by molar-refractivity contribution is -0.169. The molecule has 208 valence electrons. The van der Waals surface area contributed by atoms with E-state index in [9.17, 15) is 24.6 Å². The molecule has 0 unspecified atom stereocenters. The number of hydrogen-bond donors (Lipinski definition) is 3. The molecule has 0 aliphatic heterocycles. The van der Waals surface area contributed by atoms with Gasteiger partial charge in [0.05, 0.1) is 11.4 Å². The van der Waals surface area contributed by atoms with Crippen LogP contribution in [0.4, 0.5) is 0 Å². The van der Waals surface area contributed by atoms with Crippen molar-refractivity contribution in [3.8, 4) is 5.69 Å². The molecule has 6 atom stereocenters. The number of aliphatic hydroxyl groups is 2. The Hall–Kier alpha value is -3.10. The second kappa shape index (κ2) is 9.24. The third kappa shape index (κ3) is 3.71. The maximum Gasteiger partial charge on any atom is 0.251 e. The quantitative estimate of drug-likeness (QED) is 0.553. The standard InChI is InChI=1S/C30H35N3O5.CH4/c1-28-13-18-15-33(20-6-4-5-17(11-20)27(37)31-3)32-23(18)12-19(28)7-8-21-22-9-10-30(38,25(36)16-34)29(22,2)14-24(35)26(21)28;/h4-6,11-12,15,21-22,26,34,38H,7-10,13-14,16H2,1-3H3,(H,31,37);1H4/t21-,22-,26+,28-,29-,30-;/m0./s1. The van der Waals surface area contributed by atoms with E-state index in [0.717, 1.165) is 29.8 Å². The molecule has 39 heavy (non-hydrogen) atoms. The summed E-state index contributed by atoms with van der Waals surface area (Å²) < 4.78 is 1.81. The number of Topliss-reactive ketones (excluding diaryl/α,β-unsaturated/α-hetero) is 2. The summed E-state index contributed by atoms with van der Waals surface area (Å²) in [6, 6.07) is 7.34. The first-order valence-corrected chi connectivity index (χ1v) is 13.6. The van der Waals surface area contributed by atoms with Gasteiger partial charge in [0.15, 0.2) is 5.78 Å². The Bertz CT molecular complexity index is 1390. The van der Waals surface area contributed by atoms with Gasteiger partial charge in [0.25, 0.3) is 5.91 Å². The summed E-state index contributed by atoms with van der Waals surface area (Å²) >= 11 is 0. The lowest BCUT2D eigenvalue weighted by Gasteiger charge is -2.57. The van der Waals surface area contributed by atoms with Crippen LogP contribution in [-0.2, 0) is 16.0 Å². The predicted molar refractivity (Wildman–Crippen MR) is 147 cm³/mol. The van der Waals surface area contributed by atoms with Gasteiger partial charge in [-0.1, -0.05) is 32.9 Å². The fourth-order valence-electron chi connectivity index (χ4n) is 8.54. The summed E-state index contributed by atoms with van der Waals surface area (Å²) in [4.78, 5) is 38.7. The van der Waals surface area contributed by atoms with Gasteiger partial charge < -0.3 is 15.5 Å². The molecule has 0 bridgehead atoms. The highest BCUT2D eigenvalue weighted by molar-refractivity contribution is 5.94. The van der Waals surface area contributed by atoms with Gasteiger partial charge in [0.2, 0.25) is 0 Å². The first-order chi connectivity index (χ1) is 18.1. The molecule has 8 nitrogen and oxygen atoms in total. The van der Waals surface area contributed by atoms with E-state index >= 15 is 0 Å². The van der Waals surface area contributed by atoms with Crippen molar-refractivity contribution in [2.75, 3.05) is 13.7 Å². The first kappa shape index (κ1) is 27.5. The molecule has 3 saturated carbocycles. The summed E-state index contributed by atoms with van der Waals surface area (Å²) in [5.41, 5.74) is 1.73. The average molecular weight is 534 g/mol. The average Bonchev–Trinajstić information content (AvgIpc) is 3.43. The zero-order valence-corrected chi connectivity index (χ0v) is 22.2. The molecule has 1 heterocycles. The minimum atomic E-state index is -1.64. The van der Waals surface area contributed by atoms with Gasteiger partial charge in [-0.25, -0.2) is 4.68 Å². The van der Waals surface area contributed by atoms with E-state index in [-0.39, 0.29) is 48.7 Å². The van der Waals surface area contributed by atoms with Gasteiger partial charge in [0, 0.05) is 42.0 Å². The Balaban J connectivity index is 0.00000308. The van der Waals surface area contributed by atoms with Crippen molar-refractivity contribution in [1.29, 1.82) is 0 Å². The normalized spacial score (nSPS) is 34.5. The number of nitrogens with zero attached hydrogens (tertiary/aromatic N) is 2. The lowest BCUT2D eigenvalue weighted by atomic mass is 9.46.